The molecule has 0 spiro atoms. The highest BCUT2D eigenvalue weighted by atomic mass is 32.2. The lowest BCUT2D eigenvalue weighted by Gasteiger charge is -2.40. The molecule has 20 heavy (non-hydrogen) atoms. The van der Waals surface area contributed by atoms with Gasteiger partial charge in [0.05, 0.1) is 16.3 Å². The SMILES string of the molecule is CCS(=O)(=O)c1ccccc1NC1CCCCC1(C)C. The molecule has 1 N–H and O–H groups in total. The first-order valence-electron chi connectivity index (χ1n) is 7.45. The third-order valence-electron chi connectivity index (χ3n) is 4.44. The van der Waals surface area contributed by atoms with Gasteiger partial charge in [0.15, 0.2) is 9.84 Å². The van der Waals surface area contributed by atoms with Crippen LogP contribution in [-0.2, 0) is 9.84 Å². The maximum atomic E-state index is 12.2. The summed E-state index contributed by atoms with van der Waals surface area (Å²) in [6.07, 6.45) is 4.77. The molecule has 1 aliphatic carbocycles. The van der Waals surface area contributed by atoms with E-state index in [4.69, 9.17) is 0 Å². The molecule has 2 rings (SSSR count). The van der Waals surface area contributed by atoms with Gasteiger partial charge in [0, 0.05) is 6.04 Å². The van der Waals surface area contributed by atoms with Crippen molar-refractivity contribution in [1.82, 2.24) is 0 Å². The summed E-state index contributed by atoms with van der Waals surface area (Å²) in [6, 6.07) is 7.61. The van der Waals surface area contributed by atoms with Crippen LogP contribution < -0.4 is 5.32 Å². The molecule has 4 heteroatoms. The second-order valence-corrected chi connectivity index (χ2v) is 8.58. The number of anilines is 1. The van der Waals surface area contributed by atoms with E-state index in [0.717, 1.165) is 12.1 Å². The van der Waals surface area contributed by atoms with Crippen LogP contribution in [0.25, 0.3) is 0 Å². The largest absolute Gasteiger partial charge is 0.381 e. The molecule has 1 atom stereocenters. The number of sulfone groups is 1. The monoisotopic (exact) mass is 295 g/mol. The topological polar surface area (TPSA) is 46.2 Å². The van der Waals surface area contributed by atoms with Crippen LogP contribution in [0.5, 0.6) is 0 Å². The van der Waals surface area contributed by atoms with Crippen molar-refractivity contribution < 1.29 is 8.42 Å². The van der Waals surface area contributed by atoms with Gasteiger partial charge in [-0.1, -0.05) is 45.7 Å². The maximum absolute atomic E-state index is 12.2. The van der Waals surface area contributed by atoms with Crippen LogP contribution in [0.1, 0.15) is 46.5 Å². The zero-order valence-corrected chi connectivity index (χ0v) is 13.5. The molecular weight excluding hydrogens is 270 g/mol. The Morgan fingerprint density at radius 3 is 2.60 bits per heavy atom. The van der Waals surface area contributed by atoms with Crippen molar-refractivity contribution in [3.05, 3.63) is 24.3 Å². The van der Waals surface area contributed by atoms with Crippen molar-refractivity contribution in [2.45, 2.75) is 57.4 Å². The number of rotatable bonds is 4. The molecule has 1 fully saturated rings. The molecule has 1 aromatic carbocycles. The summed E-state index contributed by atoms with van der Waals surface area (Å²) in [5.74, 6) is 0.139. The van der Waals surface area contributed by atoms with Crippen LogP contribution in [0.4, 0.5) is 5.69 Å². The number of benzene rings is 1. The lowest BCUT2D eigenvalue weighted by atomic mass is 9.73. The van der Waals surface area contributed by atoms with Gasteiger partial charge in [-0.3, -0.25) is 0 Å². The first-order chi connectivity index (χ1) is 9.37. The third-order valence-corrected chi connectivity index (χ3v) is 6.23. The second kappa shape index (κ2) is 5.76. The summed E-state index contributed by atoms with van der Waals surface area (Å²) < 4.78 is 24.4. The van der Waals surface area contributed by atoms with Crippen molar-refractivity contribution in [3.63, 3.8) is 0 Å². The molecule has 0 amide bonds. The number of para-hydroxylation sites is 1. The van der Waals surface area contributed by atoms with E-state index in [1.807, 2.05) is 12.1 Å². The predicted octanol–water partition coefficient (Wildman–Crippen LogP) is 3.86. The maximum Gasteiger partial charge on any atom is 0.180 e. The Bertz CT molecular complexity index is 564. The Labute approximate surface area is 122 Å². The first-order valence-corrected chi connectivity index (χ1v) is 9.10. The van der Waals surface area contributed by atoms with Gasteiger partial charge in [0.2, 0.25) is 0 Å². The highest BCUT2D eigenvalue weighted by Gasteiger charge is 2.32. The van der Waals surface area contributed by atoms with E-state index in [0.29, 0.717) is 10.9 Å². The zero-order valence-electron chi connectivity index (χ0n) is 12.6. The molecule has 1 saturated carbocycles. The van der Waals surface area contributed by atoms with E-state index in [1.165, 1.54) is 19.3 Å². The van der Waals surface area contributed by atoms with Crippen molar-refractivity contribution in [2.75, 3.05) is 11.1 Å². The molecular formula is C16H25NO2S. The van der Waals surface area contributed by atoms with Crippen LogP contribution in [0.2, 0.25) is 0 Å². The van der Waals surface area contributed by atoms with E-state index in [9.17, 15) is 8.42 Å². The molecule has 0 aliphatic heterocycles. The molecule has 1 aromatic rings. The summed E-state index contributed by atoms with van der Waals surface area (Å²) >= 11 is 0. The van der Waals surface area contributed by atoms with E-state index in [1.54, 1.807) is 19.1 Å². The fraction of sp³-hybridized carbons (Fsp3) is 0.625. The Hall–Kier alpha value is -1.03. The van der Waals surface area contributed by atoms with Crippen molar-refractivity contribution in [3.8, 4) is 0 Å². The summed E-state index contributed by atoms with van der Waals surface area (Å²) in [5, 5.41) is 3.50. The number of hydrogen-bond acceptors (Lipinski definition) is 3. The summed E-state index contributed by atoms with van der Waals surface area (Å²) in [5.41, 5.74) is 0.968. The Morgan fingerprint density at radius 1 is 1.25 bits per heavy atom. The fourth-order valence-electron chi connectivity index (χ4n) is 2.96. The molecule has 0 aromatic heterocycles. The third kappa shape index (κ3) is 3.17. The van der Waals surface area contributed by atoms with Crippen molar-refractivity contribution in [1.29, 1.82) is 0 Å². The van der Waals surface area contributed by atoms with E-state index < -0.39 is 9.84 Å². The van der Waals surface area contributed by atoms with Gasteiger partial charge in [-0.15, -0.1) is 0 Å². The van der Waals surface area contributed by atoms with Crippen LogP contribution in [0.15, 0.2) is 29.2 Å². The van der Waals surface area contributed by atoms with Gasteiger partial charge in [-0.2, -0.15) is 0 Å². The highest BCUT2D eigenvalue weighted by Crippen LogP contribution is 2.38. The van der Waals surface area contributed by atoms with E-state index in [2.05, 4.69) is 19.2 Å². The molecule has 0 radical (unpaired) electrons. The van der Waals surface area contributed by atoms with Crippen molar-refractivity contribution >= 4 is 15.5 Å². The molecule has 3 nitrogen and oxygen atoms in total. The average molecular weight is 295 g/mol. The predicted molar refractivity (Wildman–Crippen MR) is 83.8 cm³/mol. The van der Waals surface area contributed by atoms with Crippen LogP contribution in [0, 0.1) is 5.41 Å². The normalized spacial score (nSPS) is 22.4. The molecule has 0 saturated heterocycles. The first kappa shape index (κ1) is 15.4. The minimum Gasteiger partial charge on any atom is -0.381 e. The van der Waals surface area contributed by atoms with Crippen LogP contribution in [-0.4, -0.2) is 20.2 Å². The minimum absolute atomic E-state index is 0.139. The van der Waals surface area contributed by atoms with Gasteiger partial charge < -0.3 is 5.32 Å². The number of hydrogen-bond donors (Lipinski definition) is 1. The lowest BCUT2D eigenvalue weighted by molar-refractivity contribution is 0.217. The molecule has 0 bridgehead atoms. The van der Waals surface area contributed by atoms with E-state index in [-0.39, 0.29) is 11.2 Å². The fourth-order valence-corrected chi connectivity index (χ4v) is 4.02. The molecule has 1 unspecified atom stereocenters. The molecule has 0 heterocycles. The smallest absolute Gasteiger partial charge is 0.180 e. The van der Waals surface area contributed by atoms with E-state index >= 15 is 0 Å². The van der Waals surface area contributed by atoms with Gasteiger partial charge in [0.1, 0.15) is 0 Å². The zero-order chi connectivity index (χ0) is 14.8. The average Bonchev–Trinajstić information content (AvgIpc) is 2.41. The van der Waals surface area contributed by atoms with Gasteiger partial charge in [-0.25, -0.2) is 8.42 Å². The van der Waals surface area contributed by atoms with Gasteiger partial charge in [0.25, 0.3) is 0 Å². The summed E-state index contributed by atoms with van der Waals surface area (Å²) in [6.45, 7) is 6.22. The van der Waals surface area contributed by atoms with Gasteiger partial charge in [-0.05, 0) is 30.4 Å². The van der Waals surface area contributed by atoms with Crippen molar-refractivity contribution in [2.24, 2.45) is 5.41 Å². The molecule has 1 aliphatic rings. The standard InChI is InChI=1S/C16H25NO2S/c1-4-20(18,19)14-10-6-5-9-13(14)17-15-11-7-8-12-16(15,2)3/h5-6,9-10,15,17H,4,7-8,11-12H2,1-3H3. The number of nitrogens with one attached hydrogen (secondary N) is 1. The lowest BCUT2D eigenvalue weighted by Crippen LogP contribution is -2.39. The summed E-state index contributed by atoms with van der Waals surface area (Å²) in [4.78, 5) is 0.434. The highest BCUT2D eigenvalue weighted by molar-refractivity contribution is 7.91. The Morgan fingerprint density at radius 2 is 1.95 bits per heavy atom. The van der Waals surface area contributed by atoms with Gasteiger partial charge >= 0.3 is 0 Å². The minimum atomic E-state index is -3.18. The quantitative estimate of drug-likeness (QED) is 0.917. The Kier molecular flexibility index (Phi) is 4.43. The van der Waals surface area contributed by atoms with Crippen LogP contribution >= 0.6 is 0 Å². The summed E-state index contributed by atoms with van der Waals surface area (Å²) in [7, 11) is -3.18. The molecule has 112 valence electrons. The van der Waals surface area contributed by atoms with Crippen LogP contribution in [0.3, 0.4) is 0 Å². The Balaban J connectivity index is 2.30. The second-order valence-electron chi connectivity index (χ2n) is 6.33.